The first-order chi connectivity index (χ1) is 12.2. The Morgan fingerprint density at radius 1 is 1.24 bits per heavy atom. The Hall–Kier alpha value is -2.89. The fourth-order valence-electron chi connectivity index (χ4n) is 3.43. The van der Waals surface area contributed by atoms with Gasteiger partial charge in [0.15, 0.2) is 5.65 Å². The molecular weight excluding hydrogens is 316 g/mol. The molecular formula is C19H20N4O2. The summed E-state index contributed by atoms with van der Waals surface area (Å²) in [6.07, 6.45) is 6.34. The largest absolute Gasteiger partial charge is 0.497 e. The number of H-pyrrole nitrogens is 1. The highest BCUT2D eigenvalue weighted by molar-refractivity contribution is 5.92. The summed E-state index contributed by atoms with van der Waals surface area (Å²) in [5, 5.41) is 3.82. The number of hydrogen-bond acceptors (Lipinski definition) is 5. The van der Waals surface area contributed by atoms with Gasteiger partial charge in [0, 0.05) is 12.2 Å². The van der Waals surface area contributed by atoms with E-state index in [1.165, 1.54) is 12.8 Å². The van der Waals surface area contributed by atoms with E-state index in [9.17, 15) is 4.79 Å². The predicted molar refractivity (Wildman–Crippen MR) is 98.0 cm³/mol. The number of methoxy groups -OCH3 is 1. The topological polar surface area (TPSA) is 79.9 Å². The summed E-state index contributed by atoms with van der Waals surface area (Å²) in [5.74, 6) is 1.24. The third-order valence-corrected chi connectivity index (χ3v) is 4.68. The van der Waals surface area contributed by atoms with Crippen molar-refractivity contribution < 1.29 is 4.74 Å². The van der Waals surface area contributed by atoms with Gasteiger partial charge in [0.05, 0.1) is 12.5 Å². The van der Waals surface area contributed by atoms with Gasteiger partial charge in [-0.15, -0.1) is 0 Å². The maximum atomic E-state index is 12.7. The summed E-state index contributed by atoms with van der Waals surface area (Å²) in [6.45, 7) is 0. The lowest BCUT2D eigenvalue weighted by atomic mass is 10.0. The molecule has 3 aromatic rings. The van der Waals surface area contributed by atoms with Crippen molar-refractivity contribution in [3.63, 3.8) is 0 Å². The van der Waals surface area contributed by atoms with E-state index in [0.29, 0.717) is 23.0 Å². The van der Waals surface area contributed by atoms with Crippen molar-refractivity contribution in [1.82, 2.24) is 15.0 Å². The maximum absolute atomic E-state index is 12.7. The molecule has 0 spiro atoms. The van der Waals surface area contributed by atoms with Crippen LogP contribution < -0.4 is 15.6 Å². The van der Waals surface area contributed by atoms with Crippen LogP contribution in [-0.2, 0) is 0 Å². The summed E-state index contributed by atoms with van der Waals surface area (Å²) < 4.78 is 5.28. The van der Waals surface area contributed by atoms with Gasteiger partial charge in [-0.2, -0.15) is 4.98 Å². The Morgan fingerprint density at radius 3 is 2.88 bits per heavy atom. The van der Waals surface area contributed by atoms with Crippen LogP contribution in [-0.4, -0.2) is 28.1 Å². The first-order valence-corrected chi connectivity index (χ1v) is 8.54. The molecule has 128 valence electrons. The van der Waals surface area contributed by atoms with E-state index in [1.807, 2.05) is 30.3 Å². The van der Waals surface area contributed by atoms with Crippen molar-refractivity contribution >= 4 is 17.0 Å². The van der Waals surface area contributed by atoms with Crippen LogP contribution in [0, 0.1) is 0 Å². The number of aromatic amines is 1. The van der Waals surface area contributed by atoms with Crippen molar-refractivity contribution in [2.24, 2.45) is 0 Å². The molecule has 1 aromatic carbocycles. The fraction of sp³-hybridized carbons (Fsp3) is 0.316. The monoisotopic (exact) mass is 336 g/mol. The quantitative estimate of drug-likeness (QED) is 0.764. The number of rotatable bonds is 4. The molecule has 1 fully saturated rings. The van der Waals surface area contributed by atoms with Crippen LogP contribution in [0.2, 0.25) is 0 Å². The normalized spacial score (nSPS) is 14.8. The van der Waals surface area contributed by atoms with Crippen molar-refractivity contribution in [3.8, 4) is 16.9 Å². The van der Waals surface area contributed by atoms with E-state index in [4.69, 9.17) is 4.74 Å². The molecule has 6 nitrogen and oxygen atoms in total. The zero-order chi connectivity index (χ0) is 17.2. The van der Waals surface area contributed by atoms with E-state index in [1.54, 1.807) is 13.3 Å². The number of fused-ring (bicyclic) bond motifs is 1. The standard InChI is InChI=1S/C19H20N4O2/c1-25-14-8-4-5-12(11-14)15-9-10-20-17-16(15)18(24)23-19(22-17)21-13-6-2-3-7-13/h4-5,8-11,13H,2-3,6-7H2,1H3,(H2,20,21,22,23,24). The van der Waals surface area contributed by atoms with Crippen LogP contribution in [0.25, 0.3) is 22.2 Å². The fourth-order valence-corrected chi connectivity index (χ4v) is 3.43. The van der Waals surface area contributed by atoms with Gasteiger partial charge in [0.2, 0.25) is 5.95 Å². The van der Waals surface area contributed by atoms with Crippen molar-refractivity contribution in [2.45, 2.75) is 31.7 Å². The number of benzene rings is 1. The minimum absolute atomic E-state index is 0.184. The highest BCUT2D eigenvalue weighted by Crippen LogP contribution is 2.28. The molecule has 0 atom stereocenters. The molecule has 0 saturated heterocycles. The third kappa shape index (κ3) is 3.07. The summed E-state index contributed by atoms with van der Waals surface area (Å²) in [4.78, 5) is 24.4. The molecule has 2 N–H and O–H groups in total. The lowest BCUT2D eigenvalue weighted by Crippen LogP contribution is -2.20. The van der Waals surface area contributed by atoms with Gasteiger partial charge in [0.25, 0.3) is 5.56 Å². The van der Waals surface area contributed by atoms with Gasteiger partial charge in [-0.1, -0.05) is 25.0 Å². The average Bonchev–Trinajstić information content (AvgIpc) is 3.14. The lowest BCUT2D eigenvalue weighted by molar-refractivity contribution is 0.415. The SMILES string of the molecule is COc1cccc(-c2ccnc3nc(NC4CCCC4)[nH]c(=O)c23)c1. The highest BCUT2D eigenvalue weighted by atomic mass is 16.5. The van der Waals surface area contributed by atoms with Gasteiger partial charge in [-0.25, -0.2) is 4.98 Å². The second-order valence-corrected chi connectivity index (χ2v) is 6.33. The minimum atomic E-state index is -0.184. The molecule has 1 saturated carbocycles. The van der Waals surface area contributed by atoms with Crippen molar-refractivity contribution in [1.29, 1.82) is 0 Å². The molecule has 1 aliphatic rings. The number of pyridine rings is 1. The first kappa shape index (κ1) is 15.6. The molecule has 0 aliphatic heterocycles. The number of nitrogens with zero attached hydrogens (tertiary/aromatic N) is 2. The van der Waals surface area contributed by atoms with Gasteiger partial charge in [-0.3, -0.25) is 9.78 Å². The lowest BCUT2D eigenvalue weighted by Gasteiger charge is -2.13. The number of nitrogens with one attached hydrogen (secondary N) is 2. The molecule has 0 amide bonds. The van der Waals surface area contributed by atoms with Crippen LogP contribution >= 0.6 is 0 Å². The number of anilines is 1. The van der Waals surface area contributed by atoms with E-state index in [2.05, 4.69) is 20.3 Å². The second-order valence-electron chi connectivity index (χ2n) is 6.33. The molecule has 1 aliphatic carbocycles. The molecule has 2 aromatic heterocycles. The van der Waals surface area contributed by atoms with Gasteiger partial charge >= 0.3 is 0 Å². The Morgan fingerprint density at radius 2 is 2.08 bits per heavy atom. The zero-order valence-electron chi connectivity index (χ0n) is 14.1. The zero-order valence-corrected chi connectivity index (χ0v) is 14.1. The Balaban J connectivity index is 1.79. The van der Waals surface area contributed by atoms with Gasteiger partial charge in [-0.05, 0) is 42.2 Å². The Kier molecular flexibility index (Phi) is 4.09. The van der Waals surface area contributed by atoms with E-state index < -0.39 is 0 Å². The van der Waals surface area contributed by atoms with E-state index in [-0.39, 0.29) is 5.56 Å². The average molecular weight is 336 g/mol. The second kappa shape index (κ2) is 6.55. The van der Waals surface area contributed by atoms with Gasteiger partial charge < -0.3 is 10.1 Å². The molecule has 0 bridgehead atoms. The molecule has 6 heteroatoms. The molecule has 4 rings (SSSR count). The number of hydrogen-bond donors (Lipinski definition) is 2. The predicted octanol–water partition coefficient (Wildman–Crippen LogP) is 3.35. The van der Waals surface area contributed by atoms with Crippen LogP contribution in [0.4, 0.5) is 5.95 Å². The Bertz CT molecular complexity index is 961. The smallest absolute Gasteiger partial charge is 0.262 e. The summed E-state index contributed by atoms with van der Waals surface area (Å²) in [6, 6.07) is 9.83. The summed E-state index contributed by atoms with van der Waals surface area (Å²) in [5.41, 5.74) is 1.96. The van der Waals surface area contributed by atoms with Crippen LogP contribution in [0.3, 0.4) is 0 Å². The van der Waals surface area contributed by atoms with Crippen LogP contribution in [0.15, 0.2) is 41.3 Å². The molecule has 25 heavy (non-hydrogen) atoms. The van der Waals surface area contributed by atoms with Crippen molar-refractivity contribution in [2.75, 3.05) is 12.4 Å². The third-order valence-electron chi connectivity index (χ3n) is 4.68. The summed E-state index contributed by atoms with van der Waals surface area (Å²) in [7, 11) is 1.62. The number of aromatic nitrogens is 3. The molecule has 2 heterocycles. The first-order valence-electron chi connectivity index (χ1n) is 8.54. The summed E-state index contributed by atoms with van der Waals surface area (Å²) >= 11 is 0. The van der Waals surface area contributed by atoms with Crippen LogP contribution in [0.1, 0.15) is 25.7 Å². The molecule has 0 radical (unpaired) electrons. The van der Waals surface area contributed by atoms with E-state index in [0.717, 1.165) is 29.7 Å². The number of ether oxygens (including phenoxy) is 1. The van der Waals surface area contributed by atoms with Crippen molar-refractivity contribution in [3.05, 3.63) is 46.9 Å². The maximum Gasteiger partial charge on any atom is 0.262 e. The van der Waals surface area contributed by atoms with E-state index >= 15 is 0 Å². The Labute approximate surface area is 145 Å². The minimum Gasteiger partial charge on any atom is -0.497 e. The van der Waals surface area contributed by atoms with Gasteiger partial charge in [0.1, 0.15) is 5.75 Å². The molecule has 0 unspecified atom stereocenters. The van der Waals surface area contributed by atoms with Crippen LogP contribution in [0.5, 0.6) is 5.75 Å². The highest BCUT2D eigenvalue weighted by Gasteiger charge is 2.17.